The topological polar surface area (TPSA) is 76.2 Å². The lowest BCUT2D eigenvalue weighted by Crippen LogP contribution is -2.19. The molecule has 1 unspecified atom stereocenters. The van der Waals surface area contributed by atoms with Gasteiger partial charge in [-0.2, -0.15) is 0 Å². The number of tetrazole rings is 1. The lowest BCUT2D eigenvalue weighted by Gasteiger charge is -2.17. The number of nitrogens with zero attached hydrogens (tertiary/aromatic N) is 5. The Morgan fingerprint density at radius 2 is 2.29 bits per heavy atom. The molecule has 1 aliphatic rings. The summed E-state index contributed by atoms with van der Waals surface area (Å²) in [7, 11) is 1.81. The fourth-order valence-corrected chi connectivity index (χ4v) is 2.81. The van der Waals surface area contributed by atoms with Crippen molar-refractivity contribution < 1.29 is 5.21 Å². The third-order valence-electron chi connectivity index (χ3n) is 2.66. The van der Waals surface area contributed by atoms with Crippen molar-refractivity contribution in [2.75, 3.05) is 0 Å². The van der Waals surface area contributed by atoms with Crippen molar-refractivity contribution in [2.24, 2.45) is 12.2 Å². The van der Waals surface area contributed by atoms with Crippen LogP contribution in [-0.4, -0.2) is 36.4 Å². The fourth-order valence-electron chi connectivity index (χ4n) is 1.73. The standard InChI is InChI=1S/C10H15N5OS/c1-15-10(11-13-14-15)17-9-7-5-3-2-4-6-8(9)12-16/h2-3,9,16H,4-7H2,1H3. The van der Waals surface area contributed by atoms with Crippen molar-refractivity contribution in [1.82, 2.24) is 20.2 Å². The van der Waals surface area contributed by atoms with Gasteiger partial charge in [0.2, 0.25) is 5.16 Å². The summed E-state index contributed by atoms with van der Waals surface area (Å²) in [5.41, 5.74) is 0.822. The van der Waals surface area contributed by atoms with Gasteiger partial charge in [-0.3, -0.25) is 0 Å². The number of hydrogen-bond acceptors (Lipinski definition) is 6. The second-order valence-corrected chi connectivity index (χ2v) is 5.04. The number of aromatic nitrogens is 4. The second-order valence-electron chi connectivity index (χ2n) is 3.87. The van der Waals surface area contributed by atoms with Crippen LogP contribution in [0.15, 0.2) is 22.5 Å². The fraction of sp³-hybridized carbons (Fsp3) is 0.600. The molecule has 0 fully saturated rings. The van der Waals surface area contributed by atoms with Crippen LogP contribution in [0.25, 0.3) is 0 Å². The molecule has 1 atom stereocenters. The van der Waals surface area contributed by atoms with E-state index in [1.54, 1.807) is 23.5 Å². The number of oxime groups is 1. The highest BCUT2D eigenvalue weighted by Gasteiger charge is 2.21. The zero-order valence-corrected chi connectivity index (χ0v) is 10.5. The van der Waals surface area contributed by atoms with Crippen molar-refractivity contribution in [3.05, 3.63) is 12.2 Å². The maximum absolute atomic E-state index is 9.07. The quantitative estimate of drug-likeness (QED) is 0.492. The average molecular weight is 253 g/mol. The lowest BCUT2D eigenvalue weighted by molar-refractivity contribution is 0.316. The van der Waals surface area contributed by atoms with Gasteiger partial charge < -0.3 is 5.21 Å². The van der Waals surface area contributed by atoms with Crippen molar-refractivity contribution in [3.63, 3.8) is 0 Å². The summed E-state index contributed by atoms with van der Waals surface area (Å²) in [6.07, 6.45) is 7.95. The van der Waals surface area contributed by atoms with Gasteiger partial charge in [-0.25, -0.2) is 4.68 Å². The first-order valence-electron chi connectivity index (χ1n) is 5.56. The van der Waals surface area contributed by atoms with E-state index in [9.17, 15) is 0 Å². The molecule has 0 saturated carbocycles. The van der Waals surface area contributed by atoms with Crippen LogP contribution in [0.3, 0.4) is 0 Å². The van der Waals surface area contributed by atoms with Crippen LogP contribution in [-0.2, 0) is 7.05 Å². The summed E-state index contributed by atoms with van der Waals surface area (Å²) in [4.78, 5) is 0. The molecule has 1 N–H and O–H groups in total. The van der Waals surface area contributed by atoms with Crippen LogP contribution < -0.4 is 0 Å². The maximum Gasteiger partial charge on any atom is 0.209 e. The molecule has 2 rings (SSSR count). The maximum atomic E-state index is 9.07. The number of thioether (sulfide) groups is 1. The van der Waals surface area contributed by atoms with Crippen molar-refractivity contribution >= 4 is 17.5 Å². The Bertz CT molecular complexity index is 428. The van der Waals surface area contributed by atoms with Gasteiger partial charge in [0, 0.05) is 7.05 Å². The van der Waals surface area contributed by atoms with Crippen LogP contribution >= 0.6 is 11.8 Å². The molecule has 17 heavy (non-hydrogen) atoms. The van der Waals surface area contributed by atoms with E-state index in [2.05, 4.69) is 32.8 Å². The molecule has 0 bridgehead atoms. The van der Waals surface area contributed by atoms with Gasteiger partial charge in [-0.05, 0) is 36.1 Å². The summed E-state index contributed by atoms with van der Waals surface area (Å²) in [5.74, 6) is 0. The van der Waals surface area contributed by atoms with E-state index in [-0.39, 0.29) is 5.25 Å². The number of aryl methyl sites for hydroxylation is 1. The first-order valence-corrected chi connectivity index (χ1v) is 6.44. The highest BCUT2D eigenvalue weighted by Crippen LogP contribution is 2.27. The minimum Gasteiger partial charge on any atom is -0.411 e. The molecule has 0 saturated heterocycles. The van der Waals surface area contributed by atoms with Gasteiger partial charge in [0.25, 0.3) is 0 Å². The normalized spacial score (nSPS) is 23.6. The molecular weight excluding hydrogens is 238 g/mol. The first kappa shape index (κ1) is 12.1. The molecule has 0 aromatic carbocycles. The van der Waals surface area contributed by atoms with E-state index in [1.165, 1.54) is 0 Å². The Morgan fingerprint density at radius 3 is 3.00 bits per heavy atom. The largest absolute Gasteiger partial charge is 0.411 e. The molecule has 1 aliphatic carbocycles. The van der Waals surface area contributed by atoms with Crippen LogP contribution in [0.4, 0.5) is 0 Å². The highest BCUT2D eigenvalue weighted by molar-refractivity contribution is 8.00. The minimum atomic E-state index is 0.148. The molecule has 1 aromatic rings. The molecule has 0 radical (unpaired) electrons. The van der Waals surface area contributed by atoms with Crippen molar-refractivity contribution in [1.29, 1.82) is 0 Å². The summed E-state index contributed by atoms with van der Waals surface area (Å²) < 4.78 is 1.63. The molecule has 6 nitrogen and oxygen atoms in total. The molecular formula is C10H15N5OS. The molecule has 0 spiro atoms. The lowest BCUT2D eigenvalue weighted by atomic mass is 10.0. The van der Waals surface area contributed by atoms with Gasteiger partial charge in [0.1, 0.15) is 0 Å². The predicted octanol–water partition coefficient (Wildman–Crippen LogP) is 1.63. The van der Waals surface area contributed by atoms with Gasteiger partial charge in [0.15, 0.2) is 0 Å². The zero-order valence-electron chi connectivity index (χ0n) is 9.65. The molecule has 0 aliphatic heterocycles. The number of hydrogen-bond donors (Lipinski definition) is 1. The third kappa shape index (κ3) is 3.06. The first-order chi connectivity index (χ1) is 8.31. The average Bonchev–Trinajstić information content (AvgIpc) is 2.69. The summed E-state index contributed by atoms with van der Waals surface area (Å²) in [5, 5.41) is 24.7. The molecule has 1 heterocycles. The van der Waals surface area contributed by atoms with E-state index in [1.807, 2.05) is 0 Å². The smallest absolute Gasteiger partial charge is 0.209 e. The second kappa shape index (κ2) is 5.81. The van der Waals surface area contributed by atoms with Crippen LogP contribution in [0, 0.1) is 0 Å². The predicted molar refractivity (Wildman–Crippen MR) is 65.3 cm³/mol. The van der Waals surface area contributed by atoms with E-state index in [0.29, 0.717) is 0 Å². The summed E-state index contributed by atoms with van der Waals surface area (Å²) >= 11 is 1.56. The Labute approximate surface area is 104 Å². The Balaban J connectivity index is 2.11. The van der Waals surface area contributed by atoms with Crippen LogP contribution in [0.2, 0.25) is 0 Å². The Hall–Kier alpha value is -1.37. The molecule has 0 amide bonds. The number of rotatable bonds is 2. The molecule has 7 heteroatoms. The monoisotopic (exact) mass is 253 g/mol. The van der Waals surface area contributed by atoms with Gasteiger partial charge in [-0.1, -0.05) is 29.1 Å². The van der Waals surface area contributed by atoms with E-state index >= 15 is 0 Å². The van der Waals surface area contributed by atoms with E-state index < -0.39 is 0 Å². The third-order valence-corrected chi connectivity index (χ3v) is 4.01. The molecule has 92 valence electrons. The van der Waals surface area contributed by atoms with Gasteiger partial charge in [-0.15, -0.1) is 5.10 Å². The minimum absolute atomic E-state index is 0.148. The number of allylic oxidation sites excluding steroid dienone is 2. The van der Waals surface area contributed by atoms with Gasteiger partial charge in [0.05, 0.1) is 11.0 Å². The summed E-state index contributed by atoms with van der Waals surface area (Å²) in [6, 6.07) is 0. The SMILES string of the molecule is Cn1nnnc1SC1CCC=CCCC1=NO. The Kier molecular flexibility index (Phi) is 4.13. The van der Waals surface area contributed by atoms with Crippen molar-refractivity contribution in [2.45, 2.75) is 36.1 Å². The van der Waals surface area contributed by atoms with E-state index in [0.717, 1.165) is 36.6 Å². The van der Waals surface area contributed by atoms with Gasteiger partial charge >= 0.3 is 0 Å². The molecule has 1 aromatic heterocycles. The summed E-state index contributed by atoms with van der Waals surface area (Å²) in [6.45, 7) is 0. The Morgan fingerprint density at radius 1 is 1.47 bits per heavy atom. The van der Waals surface area contributed by atoms with E-state index in [4.69, 9.17) is 5.21 Å². The zero-order chi connectivity index (χ0) is 12.1. The van der Waals surface area contributed by atoms with Crippen molar-refractivity contribution in [3.8, 4) is 0 Å². The van der Waals surface area contributed by atoms with Crippen LogP contribution in [0.5, 0.6) is 0 Å². The highest BCUT2D eigenvalue weighted by atomic mass is 32.2. The van der Waals surface area contributed by atoms with Crippen LogP contribution in [0.1, 0.15) is 25.7 Å².